The quantitative estimate of drug-likeness (QED) is 0.707. The molecule has 0 saturated carbocycles. The predicted octanol–water partition coefficient (Wildman–Crippen LogP) is 4.32. The van der Waals surface area contributed by atoms with Crippen LogP contribution in [0.1, 0.15) is 44.4 Å². The summed E-state index contributed by atoms with van der Waals surface area (Å²) in [4.78, 5) is 14.4. The lowest BCUT2D eigenvalue weighted by Gasteiger charge is -2.38. The maximum atomic E-state index is 12.6. The van der Waals surface area contributed by atoms with Gasteiger partial charge in [-0.15, -0.1) is 0 Å². The van der Waals surface area contributed by atoms with Crippen molar-refractivity contribution in [2.75, 3.05) is 26.1 Å². The van der Waals surface area contributed by atoms with Crippen molar-refractivity contribution in [1.82, 2.24) is 4.90 Å². The Bertz CT molecular complexity index is 597. The predicted molar refractivity (Wildman–Crippen MR) is 97.3 cm³/mol. The van der Waals surface area contributed by atoms with Gasteiger partial charge in [0, 0.05) is 11.9 Å². The zero-order valence-corrected chi connectivity index (χ0v) is 16.6. The highest BCUT2D eigenvalue weighted by atomic mass is 79.9. The number of alkyl halides is 1. The molecule has 5 nitrogen and oxygen atoms in total. The summed E-state index contributed by atoms with van der Waals surface area (Å²) in [6.45, 7) is 6.29. The first kappa shape index (κ1) is 18.9. The Labute approximate surface area is 152 Å². The number of amides is 1. The monoisotopic (exact) mass is 399 g/mol. The van der Waals surface area contributed by atoms with E-state index < -0.39 is 5.60 Å². The molecule has 0 saturated heterocycles. The lowest BCUT2D eigenvalue weighted by molar-refractivity contribution is 0.0138. The molecule has 0 fully saturated rings. The zero-order valence-electron chi connectivity index (χ0n) is 15.0. The number of carbonyl (C=O) groups is 1. The minimum Gasteiger partial charge on any atom is -0.493 e. The molecule has 2 rings (SSSR count). The number of fused-ring (bicyclic) bond motifs is 1. The molecule has 1 amide bonds. The van der Waals surface area contributed by atoms with Crippen LogP contribution in [0.25, 0.3) is 0 Å². The van der Waals surface area contributed by atoms with Gasteiger partial charge < -0.3 is 19.1 Å². The van der Waals surface area contributed by atoms with Crippen molar-refractivity contribution in [2.24, 2.45) is 0 Å². The normalized spacial score (nSPS) is 17.2. The summed E-state index contributed by atoms with van der Waals surface area (Å²) in [5, 5.41) is 0.796. The van der Waals surface area contributed by atoms with Crippen LogP contribution < -0.4 is 9.47 Å². The average Bonchev–Trinajstić information content (AvgIpc) is 2.52. The van der Waals surface area contributed by atoms with E-state index in [9.17, 15) is 4.79 Å². The lowest BCUT2D eigenvalue weighted by atomic mass is 9.90. The number of hydrogen-bond acceptors (Lipinski definition) is 4. The largest absolute Gasteiger partial charge is 0.493 e. The van der Waals surface area contributed by atoms with Crippen molar-refractivity contribution in [2.45, 2.75) is 45.3 Å². The van der Waals surface area contributed by atoms with Crippen LogP contribution >= 0.6 is 15.9 Å². The van der Waals surface area contributed by atoms with Gasteiger partial charge in [0.1, 0.15) is 5.60 Å². The minimum absolute atomic E-state index is 0.0391. The molecule has 0 bridgehead atoms. The third kappa shape index (κ3) is 4.15. The van der Waals surface area contributed by atoms with Crippen molar-refractivity contribution < 1.29 is 19.0 Å². The summed E-state index contributed by atoms with van der Waals surface area (Å²) in [5.41, 5.74) is 1.79. The van der Waals surface area contributed by atoms with E-state index in [2.05, 4.69) is 15.9 Å². The molecular weight excluding hydrogens is 374 g/mol. The first-order valence-electron chi connectivity index (χ1n) is 8.11. The highest BCUT2D eigenvalue weighted by Gasteiger charge is 2.34. The number of methoxy groups -OCH3 is 2. The maximum Gasteiger partial charge on any atom is 0.410 e. The summed E-state index contributed by atoms with van der Waals surface area (Å²) in [5.74, 6) is 1.40. The van der Waals surface area contributed by atoms with Gasteiger partial charge in [0.2, 0.25) is 0 Å². The average molecular weight is 400 g/mol. The van der Waals surface area contributed by atoms with E-state index in [0.29, 0.717) is 12.3 Å². The highest BCUT2D eigenvalue weighted by Crippen LogP contribution is 2.40. The van der Waals surface area contributed by atoms with Crippen LogP contribution in [0.15, 0.2) is 12.1 Å². The standard InChI is InChI=1S/C18H26BrNO4/c1-18(2,3)24-17(21)20-9-7-12-10-15(22-4)16(23-5)11-13(12)14(20)6-8-19/h10-11,14H,6-9H2,1-5H3. The summed E-state index contributed by atoms with van der Waals surface area (Å²) in [7, 11) is 3.26. The molecule has 1 heterocycles. The Morgan fingerprint density at radius 2 is 1.88 bits per heavy atom. The molecule has 1 aliphatic heterocycles. The summed E-state index contributed by atoms with van der Waals surface area (Å²) in [6.07, 6.45) is 1.31. The van der Waals surface area contributed by atoms with Crippen molar-refractivity contribution in [3.8, 4) is 11.5 Å². The molecule has 1 aromatic carbocycles. The van der Waals surface area contributed by atoms with Crippen LogP contribution in [0.2, 0.25) is 0 Å². The SMILES string of the molecule is COc1cc2c(cc1OC)C(CCBr)N(C(=O)OC(C)(C)C)CC2. The van der Waals surface area contributed by atoms with Crippen LogP contribution in [0.4, 0.5) is 4.79 Å². The second-order valence-corrected chi connectivity index (χ2v) is 7.62. The first-order chi connectivity index (χ1) is 11.3. The van der Waals surface area contributed by atoms with Crippen LogP contribution in [-0.2, 0) is 11.2 Å². The van der Waals surface area contributed by atoms with E-state index >= 15 is 0 Å². The molecule has 0 aromatic heterocycles. The summed E-state index contributed by atoms with van der Waals surface area (Å²) in [6, 6.07) is 3.96. The summed E-state index contributed by atoms with van der Waals surface area (Å²) >= 11 is 3.50. The number of benzene rings is 1. The second-order valence-electron chi connectivity index (χ2n) is 6.82. The zero-order chi connectivity index (χ0) is 17.9. The van der Waals surface area contributed by atoms with Crippen LogP contribution in [0, 0.1) is 0 Å². The molecule has 134 valence electrons. The van der Waals surface area contributed by atoms with E-state index in [1.165, 1.54) is 5.56 Å². The van der Waals surface area contributed by atoms with Gasteiger partial charge in [-0.3, -0.25) is 0 Å². The van der Waals surface area contributed by atoms with E-state index in [1.807, 2.05) is 37.8 Å². The van der Waals surface area contributed by atoms with Gasteiger partial charge in [-0.2, -0.15) is 0 Å². The molecule has 0 spiro atoms. The van der Waals surface area contributed by atoms with Crippen molar-refractivity contribution >= 4 is 22.0 Å². The smallest absolute Gasteiger partial charge is 0.410 e. The molecule has 1 aliphatic rings. The fourth-order valence-electron chi connectivity index (χ4n) is 2.98. The van der Waals surface area contributed by atoms with Gasteiger partial charge in [-0.05, 0) is 56.9 Å². The van der Waals surface area contributed by atoms with E-state index in [1.54, 1.807) is 14.2 Å². The van der Waals surface area contributed by atoms with Crippen molar-refractivity contribution in [3.63, 3.8) is 0 Å². The second kappa shape index (κ2) is 7.64. The molecule has 0 aliphatic carbocycles. The Hall–Kier alpha value is -1.43. The van der Waals surface area contributed by atoms with Crippen LogP contribution in [-0.4, -0.2) is 42.7 Å². The lowest BCUT2D eigenvalue weighted by Crippen LogP contribution is -2.43. The van der Waals surface area contributed by atoms with Crippen molar-refractivity contribution in [1.29, 1.82) is 0 Å². The molecular formula is C18H26BrNO4. The van der Waals surface area contributed by atoms with Crippen LogP contribution in [0.3, 0.4) is 0 Å². The molecule has 1 atom stereocenters. The molecule has 1 unspecified atom stereocenters. The molecule has 0 N–H and O–H groups in total. The fraction of sp³-hybridized carbons (Fsp3) is 0.611. The first-order valence-corrected chi connectivity index (χ1v) is 9.23. The van der Waals surface area contributed by atoms with Gasteiger partial charge in [0.15, 0.2) is 11.5 Å². The number of carbonyl (C=O) groups excluding carboxylic acids is 1. The third-order valence-corrected chi connectivity index (χ3v) is 4.47. The Kier molecular flexibility index (Phi) is 6.01. The number of halogens is 1. The number of ether oxygens (including phenoxy) is 3. The molecule has 1 aromatic rings. The third-order valence-electron chi connectivity index (χ3n) is 4.01. The molecule has 0 radical (unpaired) electrons. The minimum atomic E-state index is -0.506. The summed E-state index contributed by atoms with van der Waals surface area (Å²) < 4.78 is 16.4. The Morgan fingerprint density at radius 3 is 2.42 bits per heavy atom. The number of hydrogen-bond donors (Lipinski definition) is 0. The van der Waals surface area contributed by atoms with Gasteiger partial charge >= 0.3 is 6.09 Å². The Morgan fingerprint density at radius 1 is 1.25 bits per heavy atom. The van der Waals surface area contributed by atoms with Gasteiger partial charge in [-0.1, -0.05) is 15.9 Å². The fourth-order valence-corrected chi connectivity index (χ4v) is 3.42. The van der Waals surface area contributed by atoms with Gasteiger partial charge in [0.05, 0.1) is 20.3 Å². The highest BCUT2D eigenvalue weighted by molar-refractivity contribution is 9.09. The maximum absolute atomic E-state index is 12.6. The number of rotatable bonds is 4. The Balaban J connectivity index is 2.38. The molecule has 24 heavy (non-hydrogen) atoms. The van der Waals surface area contributed by atoms with Gasteiger partial charge in [0.25, 0.3) is 0 Å². The number of nitrogens with zero attached hydrogens (tertiary/aromatic N) is 1. The van der Waals surface area contributed by atoms with E-state index in [-0.39, 0.29) is 12.1 Å². The van der Waals surface area contributed by atoms with Crippen molar-refractivity contribution in [3.05, 3.63) is 23.3 Å². The topological polar surface area (TPSA) is 48.0 Å². The van der Waals surface area contributed by atoms with Gasteiger partial charge in [-0.25, -0.2) is 4.79 Å². The molecule has 6 heteroatoms. The van der Waals surface area contributed by atoms with E-state index in [0.717, 1.165) is 29.5 Å². The van der Waals surface area contributed by atoms with Crippen LogP contribution in [0.5, 0.6) is 11.5 Å². The van der Waals surface area contributed by atoms with E-state index in [4.69, 9.17) is 14.2 Å².